The van der Waals surface area contributed by atoms with Crippen LogP contribution in [0.3, 0.4) is 0 Å². The molecule has 3 N–H and O–H groups in total. The molecule has 0 aromatic carbocycles. The molecule has 3 saturated carbocycles. The van der Waals surface area contributed by atoms with Gasteiger partial charge in [0.15, 0.2) is 0 Å². The van der Waals surface area contributed by atoms with Gasteiger partial charge in [0.25, 0.3) is 0 Å². The molecule has 0 unspecified atom stereocenters. The van der Waals surface area contributed by atoms with Crippen molar-refractivity contribution in [2.45, 2.75) is 121 Å². The molecule has 0 aromatic rings. The van der Waals surface area contributed by atoms with Crippen LogP contribution in [0.25, 0.3) is 0 Å². The maximum atomic E-state index is 9.90. The van der Waals surface area contributed by atoms with Crippen molar-refractivity contribution in [2.75, 3.05) is 6.61 Å². The normalized spacial score (nSPS) is 34.0. The van der Waals surface area contributed by atoms with E-state index in [0.29, 0.717) is 37.4 Å². The van der Waals surface area contributed by atoms with Crippen molar-refractivity contribution in [3.8, 4) is 0 Å². The van der Waals surface area contributed by atoms with Gasteiger partial charge in [0, 0.05) is 0 Å². The summed E-state index contributed by atoms with van der Waals surface area (Å²) in [6.07, 6.45) is 21.7. The first kappa shape index (κ1) is 24.7. The van der Waals surface area contributed by atoms with Crippen molar-refractivity contribution in [2.24, 2.45) is 5.41 Å². The molecule has 0 aliphatic heterocycles. The van der Waals surface area contributed by atoms with E-state index in [-0.39, 0.29) is 0 Å². The number of rotatable bonds is 7. The van der Waals surface area contributed by atoms with Gasteiger partial charge in [-0.3, -0.25) is 0 Å². The second kappa shape index (κ2) is 11.3. The van der Waals surface area contributed by atoms with E-state index in [2.05, 4.69) is 24.3 Å². The number of allylic oxidation sites excluding steroid dienone is 4. The molecule has 4 heteroatoms. The SMILES string of the molecule is CC(C)(O)CC/C=C/COC1CCC2(CCC/C(=C\C=C3C[C@@H](O)C[C@H](O)C3)C2)CC1. The zero-order chi connectivity index (χ0) is 22.3. The van der Waals surface area contributed by atoms with Crippen LogP contribution in [0.4, 0.5) is 0 Å². The minimum absolute atomic E-state index is 0.381. The van der Waals surface area contributed by atoms with Crippen molar-refractivity contribution in [1.82, 2.24) is 0 Å². The Bertz CT molecular complexity index is 635. The predicted octanol–water partition coefficient (Wildman–Crippen LogP) is 5.37. The second-order valence-corrected chi connectivity index (χ2v) is 11.0. The summed E-state index contributed by atoms with van der Waals surface area (Å²) in [5.41, 5.74) is 2.59. The Hall–Kier alpha value is -0.940. The molecule has 0 radical (unpaired) electrons. The van der Waals surface area contributed by atoms with E-state index in [0.717, 1.165) is 25.7 Å². The summed E-state index contributed by atoms with van der Waals surface area (Å²) in [6.45, 7) is 4.38. The lowest BCUT2D eigenvalue weighted by Gasteiger charge is -2.43. The molecule has 1 spiro atoms. The Kier molecular flexibility index (Phi) is 8.98. The molecular formula is C27H44O4. The molecule has 0 amide bonds. The van der Waals surface area contributed by atoms with Gasteiger partial charge in [0.2, 0.25) is 0 Å². The fourth-order valence-electron chi connectivity index (χ4n) is 5.64. The minimum atomic E-state index is -0.592. The zero-order valence-electron chi connectivity index (χ0n) is 19.7. The minimum Gasteiger partial charge on any atom is -0.393 e. The molecule has 2 atom stereocenters. The van der Waals surface area contributed by atoms with E-state index in [4.69, 9.17) is 4.74 Å². The highest BCUT2D eigenvalue weighted by Gasteiger charge is 2.37. The standard InChI is InChI=1S/C27H44O4/c1-26(2,30)12-4-3-5-16-31-25-10-14-27(15-11-25)13-6-7-21(20-27)8-9-22-17-23(28)19-24(29)18-22/h3,5,8-9,23-25,28-30H,4,6-7,10-20H2,1-2H3/b5-3+,21-8+/t23-,24-,25?,27?/m1/s1. The van der Waals surface area contributed by atoms with Gasteiger partial charge in [-0.25, -0.2) is 0 Å². The summed E-state index contributed by atoms with van der Waals surface area (Å²) in [6, 6.07) is 0. The molecular weight excluding hydrogens is 388 g/mol. The smallest absolute Gasteiger partial charge is 0.0651 e. The van der Waals surface area contributed by atoms with Crippen LogP contribution in [0, 0.1) is 5.41 Å². The molecule has 3 aliphatic rings. The van der Waals surface area contributed by atoms with Crippen LogP contribution in [0.2, 0.25) is 0 Å². The molecule has 4 nitrogen and oxygen atoms in total. The van der Waals surface area contributed by atoms with E-state index in [1.807, 2.05) is 13.8 Å². The topological polar surface area (TPSA) is 69.9 Å². The van der Waals surface area contributed by atoms with Gasteiger partial charge >= 0.3 is 0 Å². The quantitative estimate of drug-likeness (QED) is 0.473. The third kappa shape index (κ3) is 8.49. The summed E-state index contributed by atoms with van der Waals surface area (Å²) in [7, 11) is 0. The third-order valence-corrected chi connectivity index (χ3v) is 7.41. The highest BCUT2D eigenvalue weighted by Crippen LogP contribution is 2.49. The molecule has 3 fully saturated rings. The van der Waals surface area contributed by atoms with Crippen LogP contribution in [0.1, 0.15) is 97.3 Å². The van der Waals surface area contributed by atoms with Gasteiger partial charge in [-0.2, -0.15) is 0 Å². The van der Waals surface area contributed by atoms with E-state index in [9.17, 15) is 15.3 Å². The maximum Gasteiger partial charge on any atom is 0.0651 e. The predicted molar refractivity (Wildman–Crippen MR) is 126 cm³/mol. The number of aliphatic hydroxyl groups is 3. The Labute approximate surface area is 189 Å². The first-order valence-corrected chi connectivity index (χ1v) is 12.5. The van der Waals surface area contributed by atoms with Gasteiger partial charge < -0.3 is 20.1 Å². The van der Waals surface area contributed by atoms with E-state index < -0.39 is 17.8 Å². The van der Waals surface area contributed by atoms with Crippen LogP contribution in [0.5, 0.6) is 0 Å². The monoisotopic (exact) mass is 432 g/mol. The van der Waals surface area contributed by atoms with Gasteiger partial charge in [-0.05, 0) is 103 Å². The Morgan fingerprint density at radius 1 is 1.00 bits per heavy atom. The summed E-state index contributed by atoms with van der Waals surface area (Å²) < 4.78 is 6.10. The van der Waals surface area contributed by atoms with Gasteiger partial charge in [-0.15, -0.1) is 0 Å². The summed E-state index contributed by atoms with van der Waals surface area (Å²) in [5, 5.41) is 29.5. The van der Waals surface area contributed by atoms with Crippen molar-refractivity contribution in [1.29, 1.82) is 0 Å². The van der Waals surface area contributed by atoms with Crippen molar-refractivity contribution < 1.29 is 20.1 Å². The molecule has 0 saturated heterocycles. The van der Waals surface area contributed by atoms with E-state index in [1.54, 1.807) is 5.57 Å². The number of hydrogen-bond donors (Lipinski definition) is 3. The zero-order valence-corrected chi connectivity index (χ0v) is 19.7. The first-order chi connectivity index (χ1) is 14.7. The molecule has 0 bridgehead atoms. The van der Waals surface area contributed by atoms with Crippen LogP contribution < -0.4 is 0 Å². The number of ether oxygens (including phenoxy) is 1. The Balaban J connectivity index is 1.42. The van der Waals surface area contributed by atoms with Crippen LogP contribution in [0.15, 0.2) is 35.5 Å². The lowest BCUT2D eigenvalue weighted by Crippen LogP contribution is -2.33. The highest BCUT2D eigenvalue weighted by atomic mass is 16.5. The molecule has 0 aromatic heterocycles. The first-order valence-electron chi connectivity index (χ1n) is 12.5. The molecule has 0 heterocycles. The van der Waals surface area contributed by atoms with Gasteiger partial charge in [0.1, 0.15) is 0 Å². The average molecular weight is 433 g/mol. The highest BCUT2D eigenvalue weighted by molar-refractivity contribution is 5.22. The molecule has 3 aliphatic carbocycles. The summed E-state index contributed by atoms with van der Waals surface area (Å²) in [5.74, 6) is 0. The second-order valence-electron chi connectivity index (χ2n) is 11.0. The Morgan fingerprint density at radius 2 is 1.68 bits per heavy atom. The van der Waals surface area contributed by atoms with Gasteiger partial charge in [-0.1, -0.05) is 35.5 Å². The van der Waals surface area contributed by atoms with Gasteiger partial charge in [0.05, 0.1) is 30.5 Å². The van der Waals surface area contributed by atoms with Crippen LogP contribution in [-0.4, -0.2) is 45.8 Å². The van der Waals surface area contributed by atoms with Crippen molar-refractivity contribution in [3.63, 3.8) is 0 Å². The summed E-state index contributed by atoms with van der Waals surface area (Å²) in [4.78, 5) is 0. The lowest BCUT2D eigenvalue weighted by molar-refractivity contribution is 0.00273. The van der Waals surface area contributed by atoms with E-state index >= 15 is 0 Å². The largest absolute Gasteiger partial charge is 0.393 e. The van der Waals surface area contributed by atoms with Crippen LogP contribution >= 0.6 is 0 Å². The van der Waals surface area contributed by atoms with Crippen molar-refractivity contribution in [3.05, 3.63) is 35.5 Å². The molecule has 3 rings (SSSR count). The molecule has 31 heavy (non-hydrogen) atoms. The number of hydrogen-bond acceptors (Lipinski definition) is 4. The van der Waals surface area contributed by atoms with E-state index in [1.165, 1.54) is 44.1 Å². The lowest BCUT2D eigenvalue weighted by atomic mass is 9.63. The number of aliphatic hydroxyl groups excluding tert-OH is 2. The molecule has 176 valence electrons. The average Bonchev–Trinajstić information content (AvgIpc) is 2.69. The van der Waals surface area contributed by atoms with Crippen LogP contribution in [-0.2, 0) is 4.74 Å². The summed E-state index contributed by atoms with van der Waals surface area (Å²) >= 11 is 0. The fraction of sp³-hybridized carbons (Fsp3) is 0.778. The maximum absolute atomic E-state index is 9.90. The van der Waals surface area contributed by atoms with Crippen molar-refractivity contribution >= 4 is 0 Å². The third-order valence-electron chi connectivity index (χ3n) is 7.41. The fourth-order valence-corrected chi connectivity index (χ4v) is 5.64. The Morgan fingerprint density at radius 3 is 2.35 bits per heavy atom.